The van der Waals surface area contributed by atoms with E-state index in [2.05, 4.69) is 30.0 Å². The Morgan fingerprint density at radius 3 is 2.74 bits per heavy atom. The summed E-state index contributed by atoms with van der Waals surface area (Å²) >= 11 is 14.9. The van der Waals surface area contributed by atoms with Crippen molar-refractivity contribution in [3.63, 3.8) is 0 Å². The van der Waals surface area contributed by atoms with Crippen LogP contribution in [0.1, 0.15) is 48.5 Å². The Morgan fingerprint density at radius 2 is 1.97 bits per heavy atom. The smallest absolute Gasteiger partial charge is 0.186 e. The lowest BCUT2D eigenvalue weighted by Gasteiger charge is -2.33. The Labute approximate surface area is 218 Å². The molecule has 3 fully saturated rings. The zero-order valence-electron chi connectivity index (χ0n) is 19.5. The number of furan rings is 1. The molecule has 4 nitrogen and oxygen atoms in total. The number of halogens is 2. The Hall–Kier alpha value is -2.05. The molecule has 1 aliphatic heterocycles. The maximum absolute atomic E-state index is 6.68. The van der Waals surface area contributed by atoms with Gasteiger partial charge in [-0.05, 0) is 68.4 Å². The van der Waals surface area contributed by atoms with Gasteiger partial charge >= 0.3 is 0 Å². The van der Waals surface area contributed by atoms with E-state index in [9.17, 15) is 0 Å². The van der Waals surface area contributed by atoms with Crippen LogP contribution in [0.4, 0.5) is 5.13 Å². The van der Waals surface area contributed by atoms with Gasteiger partial charge in [0.05, 0.1) is 45.3 Å². The topological polar surface area (TPSA) is 38.5 Å². The Bertz CT molecular complexity index is 1410. The summed E-state index contributed by atoms with van der Waals surface area (Å²) < 4.78 is 14.0. The van der Waals surface area contributed by atoms with Gasteiger partial charge in [-0.2, -0.15) is 0 Å². The van der Waals surface area contributed by atoms with Gasteiger partial charge < -0.3 is 14.1 Å². The van der Waals surface area contributed by atoms with Crippen LogP contribution in [0.5, 0.6) is 0 Å². The number of ether oxygens (including phenoxy) is 1. The predicted octanol–water partition coefficient (Wildman–Crippen LogP) is 8.23. The highest BCUT2D eigenvalue weighted by Crippen LogP contribution is 2.48. The van der Waals surface area contributed by atoms with E-state index in [0.717, 1.165) is 58.9 Å². The molecular formula is C28H26Cl2N2O2S. The number of aromatic nitrogens is 1. The molecule has 2 aromatic carbocycles. The maximum atomic E-state index is 6.68. The van der Waals surface area contributed by atoms with E-state index in [1.807, 2.05) is 24.5 Å². The molecule has 1 saturated heterocycles. The summed E-state index contributed by atoms with van der Waals surface area (Å²) in [4.78, 5) is 7.45. The van der Waals surface area contributed by atoms with Crippen LogP contribution in [0.2, 0.25) is 10.0 Å². The van der Waals surface area contributed by atoms with Crippen molar-refractivity contribution >= 4 is 49.9 Å². The molecule has 2 aromatic heterocycles. The third-order valence-electron chi connectivity index (χ3n) is 7.75. The molecule has 3 atom stereocenters. The SMILES string of the molecule is Cc1ccc2nc(N3CC4CC(OCc5c(-c6c(Cl)cccc6Cl)coc5C5CC5)C3C4)sc2c1. The molecule has 35 heavy (non-hydrogen) atoms. The number of fused-ring (bicyclic) bond motifs is 3. The summed E-state index contributed by atoms with van der Waals surface area (Å²) in [5, 5.41) is 2.40. The molecule has 4 aromatic rings. The zero-order chi connectivity index (χ0) is 23.7. The van der Waals surface area contributed by atoms with Gasteiger partial charge in [-0.15, -0.1) is 0 Å². The fraction of sp³-hybridized carbons (Fsp3) is 0.393. The second-order valence-corrected chi connectivity index (χ2v) is 12.1. The van der Waals surface area contributed by atoms with Crippen LogP contribution in [0.3, 0.4) is 0 Å². The highest BCUT2D eigenvalue weighted by atomic mass is 35.5. The molecule has 0 amide bonds. The number of anilines is 1. The second-order valence-electron chi connectivity index (χ2n) is 10.2. The van der Waals surface area contributed by atoms with Crippen LogP contribution < -0.4 is 4.90 Å². The van der Waals surface area contributed by atoms with Gasteiger partial charge in [-0.25, -0.2) is 4.98 Å². The molecule has 2 saturated carbocycles. The van der Waals surface area contributed by atoms with Gasteiger partial charge in [-0.3, -0.25) is 0 Å². The van der Waals surface area contributed by atoms with Crippen molar-refractivity contribution in [3.8, 4) is 11.1 Å². The van der Waals surface area contributed by atoms with Gasteiger partial charge in [0.1, 0.15) is 5.76 Å². The molecule has 2 bridgehead atoms. The van der Waals surface area contributed by atoms with Crippen molar-refractivity contribution in [3.05, 3.63) is 69.6 Å². The number of thiazole rings is 1. The van der Waals surface area contributed by atoms with Crippen LogP contribution >= 0.6 is 34.5 Å². The predicted molar refractivity (Wildman–Crippen MR) is 143 cm³/mol. The molecule has 7 rings (SSSR count). The summed E-state index contributed by atoms with van der Waals surface area (Å²) in [7, 11) is 0. The lowest BCUT2D eigenvalue weighted by atomic mass is 10.0. The normalized spacial score (nSPS) is 23.6. The molecule has 0 spiro atoms. The van der Waals surface area contributed by atoms with Crippen molar-refractivity contribution in [1.29, 1.82) is 0 Å². The fourth-order valence-corrected chi connectivity index (χ4v) is 7.63. The quantitative estimate of drug-likeness (QED) is 0.254. The number of benzene rings is 2. The van der Waals surface area contributed by atoms with E-state index in [4.69, 9.17) is 37.3 Å². The van der Waals surface area contributed by atoms with Gasteiger partial charge in [0.25, 0.3) is 0 Å². The number of hydrogen-bond acceptors (Lipinski definition) is 5. The zero-order valence-corrected chi connectivity index (χ0v) is 21.8. The van der Waals surface area contributed by atoms with Crippen LogP contribution in [0.25, 0.3) is 21.3 Å². The third kappa shape index (κ3) is 3.88. The van der Waals surface area contributed by atoms with Crippen LogP contribution in [0, 0.1) is 12.8 Å². The lowest BCUT2D eigenvalue weighted by molar-refractivity contribution is 0.0256. The van der Waals surface area contributed by atoms with E-state index >= 15 is 0 Å². The van der Waals surface area contributed by atoms with Gasteiger partial charge in [0.2, 0.25) is 0 Å². The van der Waals surface area contributed by atoms with Crippen LogP contribution in [0.15, 0.2) is 47.1 Å². The summed E-state index contributed by atoms with van der Waals surface area (Å²) in [5.41, 5.74) is 5.27. The fourth-order valence-electron chi connectivity index (χ4n) is 5.90. The first-order valence-electron chi connectivity index (χ1n) is 12.3. The third-order valence-corrected chi connectivity index (χ3v) is 9.44. The molecule has 0 N–H and O–H groups in total. The summed E-state index contributed by atoms with van der Waals surface area (Å²) in [5.74, 6) is 2.17. The minimum absolute atomic E-state index is 0.180. The van der Waals surface area contributed by atoms with Crippen molar-refractivity contribution in [2.45, 2.75) is 57.3 Å². The summed E-state index contributed by atoms with van der Waals surface area (Å²) in [6.07, 6.45) is 6.59. The first-order chi connectivity index (χ1) is 17.0. The van der Waals surface area contributed by atoms with Crippen LogP contribution in [-0.4, -0.2) is 23.7 Å². The van der Waals surface area contributed by atoms with Gasteiger partial charge in [0.15, 0.2) is 5.13 Å². The molecular weight excluding hydrogens is 499 g/mol. The second kappa shape index (κ2) is 8.52. The number of hydrogen-bond donors (Lipinski definition) is 0. The van der Waals surface area contributed by atoms with Crippen molar-refractivity contribution in [1.82, 2.24) is 4.98 Å². The van der Waals surface area contributed by atoms with Gasteiger partial charge in [-0.1, -0.05) is 46.7 Å². The van der Waals surface area contributed by atoms with Crippen molar-refractivity contribution < 1.29 is 9.15 Å². The standard InChI is InChI=1S/C28H26Cl2N2O2S/c1-15-5-8-22-25(9-15)35-28(31-22)32-12-16-10-23(32)24(11-16)33-14-19-18(13-34-27(19)17-6-7-17)26-20(29)3-2-4-21(26)30/h2-5,8-9,13,16-17,23-24H,6-7,10-12,14H2,1H3. The van der Waals surface area contributed by atoms with E-state index < -0.39 is 0 Å². The van der Waals surface area contributed by atoms with E-state index in [0.29, 0.717) is 34.5 Å². The van der Waals surface area contributed by atoms with Crippen molar-refractivity contribution in [2.24, 2.45) is 5.92 Å². The Balaban J connectivity index is 1.15. The summed E-state index contributed by atoms with van der Waals surface area (Å²) in [6, 6.07) is 12.5. The average Bonchev–Trinajstić information content (AvgIpc) is 3.17. The Kier molecular flexibility index (Phi) is 5.39. The van der Waals surface area contributed by atoms with E-state index in [-0.39, 0.29) is 6.10 Å². The number of aryl methyl sites for hydroxylation is 1. The molecule has 2 aliphatic carbocycles. The minimum Gasteiger partial charge on any atom is -0.468 e. The monoisotopic (exact) mass is 524 g/mol. The van der Waals surface area contributed by atoms with Gasteiger partial charge in [0, 0.05) is 29.2 Å². The number of nitrogens with zero attached hydrogens (tertiary/aromatic N) is 2. The van der Waals surface area contributed by atoms with E-state index in [1.165, 1.54) is 16.7 Å². The lowest BCUT2D eigenvalue weighted by Crippen LogP contribution is -2.42. The molecule has 3 heterocycles. The van der Waals surface area contributed by atoms with Crippen molar-refractivity contribution in [2.75, 3.05) is 11.4 Å². The maximum Gasteiger partial charge on any atom is 0.186 e. The Morgan fingerprint density at radius 1 is 1.14 bits per heavy atom. The molecule has 7 heteroatoms. The number of piperidine rings is 1. The largest absolute Gasteiger partial charge is 0.468 e. The molecule has 3 aliphatic rings. The highest BCUT2D eigenvalue weighted by molar-refractivity contribution is 7.22. The number of rotatable bonds is 6. The molecule has 180 valence electrons. The first-order valence-corrected chi connectivity index (χ1v) is 13.9. The highest BCUT2D eigenvalue weighted by Gasteiger charge is 2.47. The minimum atomic E-state index is 0.180. The summed E-state index contributed by atoms with van der Waals surface area (Å²) in [6.45, 7) is 3.72. The molecule has 0 radical (unpaired) electrons. The van der Waals surface area contributed by atoms with Crippen LogP contribution in [-0.2, 0) is 11.3 Å². The molecule has 3 unspecified atom stereocenters. The van der Waals surface area contributed by atoms with E-state index in [1.54, 1.807) is 11.3 Å². The first kappa shape index (κ1) is 22.2. The average molecular weight is 526 g/mol.